The van der Waals surface area contributed by atoms with Crippen LogP contribution in [0.2, 0.25) is 0 Å². The standard InChI is InChI=1S/C14H30O4/c1-3-13(2)6-4-5-7-14(18-11-9-16)12-17-10-8-15/h13-16H,3-12H2,1-2H3. The van der Waals surface area contributed by atoms with Gasteiger partial charge in [0.05, 0.1) is 39.1 Å². The van der Waals surface area contributed by atoms with Gasteiger partial charge in [-0.2, -0.15) is 0 Å². The molecule has 0 spiro atoms. The van der Waals surface area contributed by atoms with Crippen molar-refractivity contribution in [1.82, 2.24) is 0 Å². The van der Waals surface area contributed by atoms with E-state index >= 15 is 0 Å². The van der Waals surface area contributed by atoms with Gasteiger partial charge in [0.15, 0.2) is 0 Å². The molecule has 0 rings (SSSR count). The minimum absolute atomic E-state index is 0.0423. The van der Waals surface area contributed by atoms with E-state index in [-0.39, 0.29) is 19.3 Å². The van der Waals surface area contributed by atoms with Gasteiger partial charge in [0.1, 0.15) is 0 Å². The highest BCUT2D eigenvalue weighted by Gasteiger charge is 2.09. The van der Waals surface area contributed by atoms with E-state index in [1.807, 2.05) is 0 Å². The molecule has 2 atom stereocenters. The van der Waals surface area contributed by atoms with Crippen LogP contribution >= 0.6 is 0 Å². The molecular weight excluding hydrogens is 232 g/mol. The average molecular weight is 262 g/mol. The Hall–Kier alpha value is -0.160. The van der Waals surface area contributed by atoms with Crippen molar-refractivity contribution in [2.24, 2.45) is 5.92 Å². The molecule has 0 aromatic carbocycles. The molecule has 4 heteroatoms. The van der Waals surface area contributed by atoms with Gasteiger partial charge in [-0.3, -0.25) is 0 Å². The number of aliphatic hydroxyl groups is 2. The van der Waals surface area contributed by atoms with Gasteiger partial charge in [0, 0.05) is 0 Å². The summed E-state index contributed by atoms with van der Waals surface area (Å²) in [4.78, 5) is 0. The highest BCUT2D eigenvalue weighted by atomic mass is 16.5. The molecule has 0 saturated carbocycles. The smallest absolute Gasteiger partial charge is 0.0809 e. The molecule has 2 N–H and O–H groups in total. The number of rotatable bonds is 13. The molecule has 0 aliphatic heterocycles. The van der Waals surface area contributed by atoms with Crippen LogP contribution in [0.1, 0.15) is 46.0 Å². The van der Waals surface area contributed by atoms with E-state index in [0.29, 0.717) is 19.8 Å². The Bertz CT molecular complexity index is 164. The number of hydrogen-bond donors (Lipinski definition) is 2. The van der Waals surface area contributed by atoms with Gasteiger partial charge < -0.3 is 19.7 Å². The molecular formula is C14H30O4. The molecule has 0 aromatic rings. The van der Waals surface area contributed by atoms with Crippen LogP contribution in [0.3, 0.4) is 0 Å². The Morgan fingerprint density at radius 2 is 1.67 bits per heavy atom. The second kappa shape index (κ2) is 13.3. The minimum Gasteiger partial charge on any atom is -0.394 e. The molecule has 2 unspecified atom stereocenters. The molecule has 18 heavy (non-hydrogen) atoms. The highest BCUT2D eigenvalue weighted by molar-refractivity contribution is 4.59. The molecule has 0 fully saturated rings. The lowest BCUT2D eigenvalue weighted by Gasteiger charge is -2.17. The van der Waals surface area contributed by atoms with E-state index < -0.39 is 0 Å². The summed E-state index contributed by atoms with van der Waals surface area (Å²) in [5.41, 5.74) is 0. The highest BCUT2D eigenvalue weighted by Crippen LogP contribution is 2.14. The number of hydrogen-bond acceptors (Lipinski definition) is 4. The van der Waals surface area contributed by atoms with Crippen LogP contribution in [0.4, 0.5) is 0 Å². The Morgan fingerprint density at radius 1 is 1.00 bits per heavy atom. The van der Waals surface area contributed by atoms with Gasteiger partial charge in [0.25, 0.3) is 0 Å². The van der Waals surface area contributed by atoms with Crippen molar-refractivity contribution in [3.8, 4) is 0 Å². The minimum atomic E-state index is 0.0423. The maximum atomic E-state index is 8.76. The monoisotopic (exact) mass is 262 g/mol. The molecule has 0 aliphatic rings. The maximum absolute atomic E-state index is 8.76. The van der Waals surface area contributed by atoms with Crippen molar-refractivity contribution >= 4 is 0 Å². The van der Waals surface area contributed by atoms with Crippen LogP contribution in [0, 0.1) is 5.92 Å². The van der Waals surface area contributed by atoms with Gasteiger partial charge in [-0.25, -0.2) is 0 Å². The van der Waals surface area contributed by atoms with Crippen LogP contribution in [-0.4, -0.2) is 49.4 Å². The Kier molecular flexibility index (Phi) is 13.2. The van der Waals surface area contributed by atoms with E-state index in [1.165, 1.54) is 19.3 Å². The summed E-state index contributed by atoms with van der Waals surface area (Å²) in [6.07, 6.45) is 5.85. The summed E-state index contributed by atoms with van der Waals surface area (Å²) in [5, 5.41) is 17.4. The van der Waals surface area contributed by atoms with Crippen molar-refractivity contribution < 1.29 is 19.7 Å². The molecule has 110 valence electrons. The summed E-state index contributed by atoms with van der Waals surface area (Å²) in [5.74, 6) is 0.799. The van der Waals surface area contributed by atoms with Crippen molar-refractivity contribution in [3.63, 3.8) is 0 Å². The zero-order valence-electron chi connectivity index (χ0n) is 11.9. The fourth-order valence-electron chi connectivity index (χ4n) is 1.78. The quantitative estimate of drug-likeness (QED) is 0.498. The Balaban J connectivity index is 3.64. The first kappa shape index (κ1) is 17.8. The summed E-state index contributed by atoms with van der Waals surface area (Å²) in [7, 11) is 0. The van der Waals surface area contributed by atoms with E-state index in [0.717, 1.165) is 18.8 Å². The predicted molar refractivity (Wildman–Crippen MR) is 72.7 cm³/mol. The first-order valence-corrected chi connectivity index (χ1v) is 7.15. The predicted octanol–water partition coefficient (Wildman–Crippen LogP) is 1.98. The number of unbranched alkanes of at least 4 members (excludes halogenated alkanes) is 1. The molecule has 0 aliphatic carbocycles. The van der Waals surface area contributed by atoms with Crippen LogP contribution < -0.4 is 0 Å². The van der Waals surface area contributed by atoms with Gasteiger partial charge in [0.2, 0.25) is 0 Å². The lowest BCUT2D eigenvalue weighted by atomic mass is 10.00. The molecule has 4 nitrogen and oxygen atoms in total. The topological polar surface area (TPSA) is 58.9 Å². The van der Waals surface area contributed by atoms with E-state index in [4.69, 9.17) is 19.7 Å². The molecule has 0 bridgehead atoms. The van der Waals surface area contributed by atoms with Crippen LogP contribution in [0.25, 0.3) is 0 Å². The van der Waals surface area contributed by atoms with Crippen LogP contribution in [0.5, 0.6) is 0 Å². The zero-order chi connectivity index (χ0) is 13.6. The molecule has 0 heterocycles. The van der Waals surface area contributed by atoms with E-state index in [9.17, 15) is 0 Å². The lowest BCUT2D eigenvalue weighted by molar-refractivity contribution is -0.0376. The first-order chi connectivity index (χ1) is 8.74. The van der Waals surface area contributed by atoms with Crippen molar-refractivity contribution in [1.29, 1.82) is 0 Å². The summed E-state index contributed by atoms with van der Waals surface area (Å²) >= 11 is 0. The summed E-state index contributed by atoms with van der Waals surface area (Å²) in [6.45, 7) is 5.81. The van der Waals surface area contributed by atoms with Gasteiger partial charge in [-0.15, -0.1) is 0 Å². The third-order valence-corrected chi connectivity index (χ3v) is 3.15. The number of aliphatic hydroxyl groups excluding tert-OH is 2. The van der Waals surface area contributed by atoms with Crippen molar-refractivity contribution in [2.75, 3.05) is 33.0 Å². The van der Waals surface area contributed by atoms with Crippen molar-refractivity contribution in [3.05, 3.63) is 0 Å². The molecule has 0 saturated heterocycles. The van der Waals surface area contributed by atoms with Gasteiger partial charge in [-0.1, -0.05) is 39.5 Å². The lowest BCUT2D eigenvalue weighted by Crippen LogP contribution is -2.22. The summed E-state index contributed by atoms with van der Waals surface area (Å²) in [6, 6.07) is 0. The molecule has 0 radical (unpaired) electrons. The molecule has 0 amide bonds. The SMILES string of the molecule is CCC(C)CCCCC(COCCO)OCCO. The molecule has 0 aromatic heterocycles. The first-order valence-electron chi connectivity index (χ1n) is 7.15. The maximum Gasteiger partial charge on any atom is 0.0809 e. The Morgan fingerprint density at radius 3 is 2.28 bits per heavy atom. The average Bonchev–Trinajstić information content (AvgIpc) is 2.39. The second-order valence-corrected chi connectivity index (χ2v) is 4.81. The van der Waals surface area contributed by atoms with Gasteiger partial charge >= 0.3 is 0 Å². The van der Waals surface area contributed by atoms with E-state index in [1.54, 1.807) is 0 Å². The Labute approximate surface area is 111 Å². The third kappa shape index (κ3) is 11.0. The largest absolute Gasteiger partial charge is 0.394 e. The van der Waals surface area contributed by atoms with E-state index in [2.05, 4.69) is 13.8 Å². The third-order valence-electron chi connectivity index (χ3n) is 3.15. The number of ether oxygens (including phenoxy) is 2. The summed E-state index contributed by atoms with van der Waals surface area (Å²) < 4.78 is 10.8. The zero-order valence-corrected chi connectivity index (χ0v) is 11.9. The van der Waals surface area contributed by atoms with Gasteiger partial charge in [-0.05, 0) is 12.3 Å². The van der Waals surface area contributed by atoms with Crippen molar-refractivity contribution in [2.45, 2.75) is 52.1 Å². The second-order valence-electron chi connectivity index (χ2n) is 4.81. The van der Waals surface area contributed by atoms with Crippen LogP contribution in [-0.2, 0) is 9.47 Å². The van der Waals surface area contributed by atoms with Crippen LogP contribution in [0.15, 0.2) is 0 Å². The fraction of sp³-hybridized carbons (Fsp3) is 1.00. The normalized spacial score (nSPS) is 14.7. The fourth-order valence-corrected chi connectivity index (χ4v) is 1.78.